The SMILES string of the molecule is c1ccc(-c2nc3ccc4ccccc4c3nc2-c2cccc(-c3ccc(-c4ccc5c(c4)-c4c(ccc6ccccc46)C54C5CC6CC(C5)CC4C6)cc3)c2)cc1. The number of nitrogens with zero attached hydrogens (tertiary/aromatic N) is 2. The van der Waals surface area contributed by atoms with Crippen molar-refractivity contribution in [2.45, 2.75) is 37.5 Å². The molecule has 0 atom stereocenters. The molecule has 1 heterocycles. The Morgan fingerprint density at radius 1 is 0.397 bits per heavy atom. The smallest absolute Gasteiger partial charge is 0.0973 e. The lowest BCUT2D eigenvalue weighted by Gasteiger charge is -2.61. The lowest BCUT2D eigenvalue weighted by molar-refractivity contribution is -0.0399. The Kier molecular flexibility index (Phi) is 6.94. The van der Waals surface area contributed by atoms with Crippen LogP contribution in [0.25, 0.3) is 88.5 Å². The summed E-state index contributed by atoms with van der Waals surface area (Å²) in [6.07, 6.45) is 7.09. The Morgan fingerprint density at radius 3 is 1.72 bits per heavy atom. The van der Waals surface area contributed by atoms with Crippen molar-refractivity contribution in [2.75, 3.05) is 0 Å². The van der Waals surface area contributed by atoms with Gasteiger partial charge in [0.2, 0.25) is 0 Å². The summed E-state index contributed by atoms with van der Waals surface area (Å²) in [5.74, 6) is 3.39. The molecular weight excluding hydrogens is 701 g/mol. The van der Waals surface area contributed by atoms with Crippen LogP contribution in [-0.4, -0.2) is 9.97 Å². The van der Waals surface area contributed by atoms with Crippen LogP contribution < -0.4 is 0 Å². The van der Waals surface area contributed by atoms with Gasteiger partial charge in [-0.25, -0.2) is 9.97 Å². The van der Waals surface area contributed by atoms with Gasteiger partial charge in [0, 0.05) is 21.9 Å². The van der Waals surface area contributed by atoms with Gasteiger partial charge >= 0.3 is 0 Å². The minimum atomic E-state index is 0.165. The first kappa shape index (κ1) is 32.7. The number of hydrogen-bond donors (Lipinski definition) is 0. The van der Waals surface area contributed by atoms with E-state index in [2.05, 4.69) is 170 Å². The van der Waals surface area contributed by atoms with Crippen molar-refractivity contribution >= 4 is 32.6 Å². The summed E-state index contributed by atoms with van der Waals surface area (Å²) in [7, 11) is 0. The van der Waals surface area contributed by atoms with E-state index in [1.807, 2.05) is 0 Å². The van der Waals surface area contributed by atoms with E-state index in [4.69, 9.17) is 9.97 Å². The van der Waals surface area contributed by atoms with Gasteiger partial charge in [-0.05, 0) is 135 Å². The Labute approximate surface area is 339 Å². The molecule has 58 heavy (non-hydrogen) atoms. The maximum Gasteiger partial charge on any atom is 0.0973 e. The molecule has 276 valence electrons. The van der Waals surface area contributed by atoms with Gasteiger partial charge in [0.05, 0.1) is 22.4 Å². The fourth-order valence-electron chi connectivity index (χ4n) is 12.6. The third kappa shape index (κ3) is 4.66. The highest BCUT2D eigenvalue weighted by Crippen LogP contribution is 2.70. The third-order valence-electron chi connectivity index (χ3n) is 14.8. The molecule has 0 amide bonds. The molecule has 4 bridgehead atoms. The predicted molar refractivity (Wildman–Crippen MR) is 240 cm³/mol. The summed E-state index contributed by atoms with van der Waals surface area (Å²) in [6, 6.07) is 62.8. The normalized spacial score (nSPS) is 22.6. The van der Waals surface area contributed by atoms with Gasteiger partial charge < -0.3 is 0 Å². The third-order valence-corrected chi connectivity index (χ3v) is 14.8. The molecule has 2 heteroatoms. The minimum Gasteiger partial charge on any atom is -0.244 e. The van der Waals surface area contributed by atoms with E-state index < -0.39 is 0 Å². The summed E-state index contributed by atoms with van der Waals surface area (Å²) in [5, 5.41) is 5.06. The number of benzene rings is 8. The van der Waals surface area contributed by atoms with E-state index in [1.54, 1.807) is 11.1 Å². The quantitative estimate of drug-likeness (QED) is 0.168. The van der Waals surface area contributed by atoms with Crippen LogP contribution in [0, 0.1) is 23.7 Å². The number of rotatable bonds is 4. The number of aromatic nitrogens is 2. The zero-order valence-electron chi connectivity index (χ0n) is 32.4. The molecule has 9 aromatic rings. The highest BCUT2D eigenvalue weighted by molar-refractivity contribution is 6.06. The molecule has 1 spiro atoms. The van der Waals surface area contributed by atoms with Gasteiger partial charge in [0.25, 0.3) is 0 Å². The highest BCUT2D eigenvalue weighted by atomic mass is 14.8. The average Bonchev–Trinajstić information content (AvgIpc) is 3.58. The monoisotopic (exact) mass is 742 g/mol. The van der Waals surface area contributed by atoms with Crippen molar-refractivity contribution in [3.8, 4) is 55.9 Å². The second kappa shape index (κ2) is 12.3. The molecule has 0 radical (unpaired) electrons. The van der Waals surface area contributed by atoms with Crippen LogP contribution in [0.1, 0.15) is 43.2 Å². The van der Waals surface area contributed by atoms with Crippen LogP contribution in [0.3, 0.4) is 0 Å². The van der Waals surface area contributed by atoms with E-state index in [9.17, 15) is 0 Å². The van der Waals surface area contributed by atoms with Gasteiger partial charge in [-0.1, -0.05) is 152 Å². The molecule has 0 unspecified atom stereocenters. The fraction of sp³-hybridized carbons (Fsp3) is 0.179. The molecule has 0 N–H and O–H groups in total. The highest BCUT2D eigenvalue weighted by Gasteiger charge is 2.61. The predicted octanol–water partition coefficient (Wildman–Crippen LogP) is 14.3. The van der Waals surface area contributed by atoms with Crippen molar-refractivity contribution in [3.63, 3.8) is 0 Å². The molecule has 14 rings (SSSR count). The zero-order valence-corrected chi connectivity index (χ0v) is 32.4. The molecule has 1 aromatic heterocycles. The van der Waals surface area contributed by atoms with Crippen LogP contribution in [0.15, 0.2) is 170 Å². The van der Waals surface area contributed by atoms with E-state index in [1.165, 1.54) is 81.6 Å². The first-order valence-corrected chi connectivity index (χ1v) is 21.3. The Bertz CT molecular complexity index is 3090. The van der Waals surface area contributed by atoms with E-state index in [-0.39, 0.29) is 5.41 Å². The summed E-state index contributed by atoms with van der Waals surface area (Å²) in [4.78, 5) is 10.7. The maximum absolute atomic E-state index is 5.40. The second-order valence-corrected chi connectivity index (χ2v) is 17.7. The summed E-state index contributed by atoms with van der Waals surface area (Å²) >= 11 is 0. The van der Waals surface area contributed by atoms with Crippen molar-refractivity contribution < 1.29 is 0 Å². The Morgan fingerprint density at radius 2 is 0.966 bits per heavy atom. The topological polar surface area (TPSA) is 25.8 Å². The standard InChI is InChI=1S/C56H42N2/c1-2-11-40(12-3-1)53-54(58-55-47-16-7-5-10-39(47)23-26-51(55)57-53)43-14-8-13-41(32-43)36-17-19-37(20-18-36)42-22-24-49-48(33-42)52-46-15-6-4-9-38(46)21-25-50(52)56(49)44-28-34-27-35(30-44)31-45(56)29-34/h1-26,32-35,44-45H,27-31H2. The molecule has 5 aliphatic carbocycles. The summed E-state index contributed by atoms with van der Waals surface area (Å²) in [6.45, 7) is 0. The molecule has 2 nitrogen and oxygen atoms in total. The molecule has 4 fully saturated rings. The second-order valence-electron chi connectivity index (χ2n) is 17.7. The Balaban J connectivity index is 0.904. The van der Waals surface area contributed by atoms with Gasteiger partial charge in [0.15, 0.2) is 0 Å². The van der Waals surface area contributed by atoms with Gasteiger partial charge in [0.1, 0.15) is 0 Å². The molecule has 4 saturated carbocycles. The minimum absolute atomic E-state index is 0.165. The fourth-order valence-corrected chi connectivity index (χ4v) is 12.6. The van der Waals surface area contributed by atoms with Crippen LogP contribution in [0.5, 0.6) is 0 Å². The number of hydrogen-bond acceptors (Lipinski definition) is 2. The number of fused-ring (bicyclic) bond motifs is 8. The molecular formula is C56H42N2. The largest absolute Gasteiger partial charge is 0.244 e. The molecule has 5 aliphatic rings. The maximum atomic E-state index is 5.40. The Hall–Kier alpha value is -6.38. The summed E-state index contributed by atoms with van der Waals surface area (Å²) < 4.78 is 0. The first-order valence-electron chi connectivity index (χ1n) is 21.3. The lowest BCUT2D eigenvalue weighted by atomic mass is 9.43. The van der Waals surface area contributed by atoms with Gasteiger partial charge in [-0.2, -0.15) is 0 Å². The van der Waals surface area contributed by atoms with Crippen LogP contribution in [-0.2, 0) is 5.41 Å². The molecule has 0 saturated heterocycles. The summed E-state index contributed by atoms with van der Waals surface area (Å²) in [5.41, 5.74) is 17.1. The first-order chi connectivity index (χ1) is 28.7. The van der Waals surface area contributed by atoms with Gasteiger partial charge in [-0.3, -0.25) is 0 Å². The van der Waals surface area contributed by atoms with Crippen molar-refractivity contribution in [3.05, 3.63) is 181 Å². The van der Waals surface area contributed by atoms with Crippen LogP contribution in [0.4, 0.5) is 0 Å². The van der Waals surface area contributed by atoms with Crippen LogP contribution in [0.2, 0.25) is 0 Å². The van der Waals surface area contributed by atoms with Crippen molar-refractivity contribution in [2.24, 2.45) is 23.7 Å². The van der Waals surface area contributed by atoms with E-state index in [0.717, 1.165) is 62.6 Å². The van der Waals surface area contributed by atoms with Crippen molar-refractivity contribution in [1.82, 2.24) is 9.97 Å². The van der Waals surface area contributed by atoms with Crippen LogP contribution >= 0.6 is 0 Å². The van der Waals surface area contributed by atoms with E-state index in [0.29, 0.717) is 0 Å². The molecule has 0 aliphatic heterocycles. The van der Waals surface area contributed by atoms with Crippen molar-refractivity contribution in [1.29, 1.82) is 0 Å². The molecule has 8 aromatic carbocycles. The van der Waals surface area contributed by atoms with E-state index >= 15 is 0 Å². The van der Waals surface area contributed by atoms with Gasteiger partial charge in [-0.15, -0.1) is 0 Å². The lowest BCUT2D eigenvalue weighted by Crippen LogP contribution is -2.55. The average molecular weight is 743 g/mol. The zero-order chi connectivity index (χ0) is 38.0.